The molecule has 2 aromatic heterocycles. The monoisotopic (exact) mass is 342 g/mol. The van der Waals surface area contributed by atoms with Crippen LogP contribution in [0, 0.1) is 5.92 Å². The average molecular weight is 342 g/mol. The fourth-order valence-electron chi connectivity index (χ4n) is 3.17. The maximum absolute atomic E-state index is 12.1. The van der Waals surface area contributed by atoms with E-state index in [0.717, 1.165) is 30.0 Å². The van der Waals surface area contributed by atoms with Crippen LogP contribution in [0.25, 0.3) is 11.4 Å². The summed E-state index contributed by atoms with van der Waals surface area (Å²) in [4.78, 5) is 18.3. The van der Waals surface area contributed by atoms with Gasteiger partial charge in [0.1, 0.15) is 11.4 Å². The Bertz CT molecular complexity index is 717. The van der Waals surface area contributed by atoms with E-state index in [1.54, 1.807) is 17.3 Å². The van der Waals surface area contributed by atoms with E-state index in [1.807, 2.05) is 18.2 Å². The number of rotatable bonds is 5. The van der Waals surface area contributed by atoms with E-state index in [1.165, 1.54) is 0 Å². The number of carbonyl (C=O) groups excluding carboxylic acids is 1. The molecule has 2 N–H and O–H groups in total. The van der Waals surface area contributed by atoms with Crippen molar-refractivity contribution >= 4 is 5.91 Å². The molecular formula is C18H22N4O3. The molecule has 7 heteroatoms. The van der Waals surface area contributed by atoms with Gasteiger partial charge >= 0.3 is 0 Å². The molecule has 2 fully saturated rings. The first-order valence-electron chi connectivity index (χ1n) is 8.74. The lowest BCUT2D eigenvalue weighted by atomic mass is 9.97. The van der Waals surface area contributed by atoms with Crippen LogP contribution in [0.4, 0.5) is 0 Å². The lowest BCUT2D eigenvalue weighted by Gasteiger charge is -2.33. The number of amides is 1. The number of nitrogens with one attached hydrogen (secondary N) is 1. The second-order valence-electron chi connectivity index (χ2n) is 6.93. The summed E-state index contributed by atoms with van der Waals surface area (Å²) in [7, 11) is 0. The van der Waals surface area contributed by atoms with E-state index >= 15 is 0 Å². The smallest absolute Gasteiger partial charge is 0.254 e. The fourth-order valence-corrected chi connectivity index (χ4v) is 3.17. The number of nitrogens with zero attached hydrogens (tertiary/aromatic N) is 3. The SMILES string of the molecule is O=C(N1CCC(COc2ccc(-c3ccn[nH]3)nc2)CC1)C1(O)CC1. The zero-order valence-electron chi connectivity index (χ0n) is 14.0. The van der Waals surface area contributed by atoms with Gasteiger partial charge in [0.15, 0.2) is 0 Å². The van der Waals surface area contributed by atoms with Crippen LogP contribution in [-0.2, 0) is 4.79 Å². The molecule has 1 saturated carbocycles. The molecule has 2 aliphatic rings. The highest BCUT2D eigenvalue weighted by Crippen LogP contribution is 2.37. The predicted octanol–water partition coefficient (Wildman–Crippen LogP) is 1.61. The molecule has 3 heterocycles. The Morgan fingerprint density at radius 3 is 2.72 bits per heavy atom. The second kappa shape index (κ2) is 6.48. The summed E-state index contributed by atoms with van der Waals surface area (Å²) in [6.07, 6.45) is 6.44. The maximum atomic E-state index is 12.1. The first-order valence-corrected chi connectivity index (χ1v) is 8.74. The van der Waals surface area contributed by atoms with Gasteiger partial charge in [0.05, 0.1) is 24.2 Å². The molecule has 1 aliphatic carbocycles. The topological polar surface area (TPSA) is 91.3 Å². The Morgan fingerprint density at radius 2 is 2.12 bits per heavy atom. The summed E-state index contributed by atoms with van der Waals surface area (Å²) >= 11 is 0. The molecule has 0 unspecified atom stereocenters. The number of hydrogen-bond donors (Lipinski definition) is 2. The third-order valence-corrected chi connectivity index (χ3v) is 5.02. The van der Waals surface area contributed by atoms with E-state index in [-0.39, 0.29) is 5.91 Å². The molecule has 7 nitrogen and oxygen atoms in total. The van der Waals surface area contributed by atoms with Crippen LogP contribution in [0.5, 0.6) is 5.75 Å². The molecule has 2 aromatic rings. The largest absolute Gasteiger partial charge is 0.492 e. The van der Waals surface area contributed by atoms with Crippen LogP contribution in [0.15, 0.2) is 30.6 Å². The van der Waals surface area contributed by atoms with E-state index < -0.39 is 5.60 Å². The van der Waals surface area contributed by atoms with Gasteiger partial charge in [0.2, 0.25) is 0 Å². The lowest BCUT2D eigenvalue weighted by Crippen LogP contribution is -2.45. The highest BCUT2D eigenvalue weighted by Gasteiger charge is 2.50. The van der Waals surface area contributed by atoms with Gasteiger partial charge < -0.3 is 14.7 Å². The number of aromatic amines is 1. The first-order chi connectivity index (χ1) is 12.1. The van der Waals surface area contributed by atoms with Gasteiger partial charge in [-0.2, -0.15) is 5.10 Å². The van der Waals surface area contributed by atoms with Crippen LogP contribution in [0.2, 0.25) is 0 Å². The van der Waals surface area contributed by atoms with Gasteiger partial charge in [-0.15, -0.1) is 0 Å². The summed E-state index contributed by atoms with van der Waals surface area (Å²) < 4.78 is 5.85. The molecule has 0 aromatic carbocycles. The third-order valence-electron chi connectivity index (χ3n) is 5.02. The molecule has 1 amide bonds. The number of likely N-dealkylation sites (tertiary alicyclic amines) is 1. The molecule has 1 saturated heterocycles. The van der Waals surface area contributed by atoms with Crippen molar-refractivity contribution in [2.75, 3.05) is 19.7 Å². The molecule has 132 valence electrons. The van der Waals surface area contributed by atoms with Crippen molar-refractivity contribution in [1.29, 1.82) is 0 Å². The number of hydrogen-bond acceptors (Lipinski definition) is 5. The normalized spacial score (nSPS) is 19.6. The van der Waals surface area contributed by atoms with Crippen molar-refractivity contribution in [3.05, 3.63) is 30.6 Å². The first kappa shape index (κ1) is 16.1. The lowest BCUT2D eigenvalue weighted by molar-refractivity contribution is -0.144. The van der Waals surface area contributed by atoms with Crippen LogP contribution in [0.1, 0.15) is 25.7 Å². The average Bonchev–Trinajstić information content (AvgIpc) is 3.18. The second-order valence-corrected chi connectivity index (χ2v) is 6.93. The van der Waals surface area contributed by atoms with E-state index in [9.17, 15) is 9.90 Å². The van der Waals surface area contributed by atoms with Crippen LogP contribution >= 0.6 is 0 Å². The molecule has 4 rings (SSSR count). The number of aromatic nitrogens is 3. The number of pyridine rings is 1. The highest BCUT2D eigenvalue weighted by molar-refractivity contribution is 5.87. The van der Waals surface area contributed by atoms with Crippen LogP contribution in [-0.4, -0.2) is 56.4 Å². The van der Waals surface area contributed by atoms with Crippen molar-refractivity contribution in [1.82, 2.24) is 20.1 Å². The zero-order valence-corrected chi connectivity index (χ0v) is 14.0. The van der Waals surface area contributed by atoms with E-state index in [4.69, 9.17) is 4.74 Å². The minimum absolute atomic E-state index is 0.0922. The minimum Gasteiger partial charge on any atom is -0.492 e. The summed E-state index contributed by atoms with van der Waals surface area (Å²) in [6, 6.07) is 5.68. The van der Waals surface area contributed by atoms with Crippen LogP contribution < -0.4 is 4.74 Å². The van der Waals surface area contributed by atoms with Crippen LogP contribution in [0.3, 0.4) is 0 Å². The van der Waals surface area contributed by atoms with Gasteiger partial charge in [0, 0.05) is 19.3 Å². The summed E-state index contributed by atoms with van der Waals surface area (Å²) in [5.41, 5.74) is 0.654. The number of ether oxygens (including phenoxy) is 1. The van der Waals surface area contributed by atoms with Gasteiger partial charge in [0.25, 0.3) is 5.91 Å². The van der Waals surface area contributed by atoms with Gasteiger partial charge in [-0.05, 0) is 49.8 Å². The Balaban J connectivity index is 1.25. The van der Waals surface area contributed by atoms with Crippen molar-refractivity contribution in [2.24, 2.45) is 5.92 Å². The molecule has 0 radical (unpaired) electrons. The standard InChI is InChI=1S/C18H22N4O3/c23-17(18(24)6-7-18)22-9-4-13(5-10-22)12-25-14-1-2-15(19-11-14)16-3-8-20-21-16/h1-3,8,11,13,24H,4-7,9-10,12H2,(H,20,21). The van der Waals surface area contributed by atoms with Crippen molar-refractivity contribution in [3.63, 3.8) is 0 Å². The number of aliphatic hydroxyl groups is 1. The maximum Gasteiger partial charge on any atom is 0.254 e. The number of H-pyrrole nitrogens is 1. The molecule has 0 spiro atoms. The van der Waals surface area contributed by atoms with Crippen molar-refractivity contribution < 1.29 is 14.6 Å². The van der Waals surface area contributed by atoms with Crippen molar-refractivity contribution in [2.45, 2.75) is 31.3 Å². The Labute approximate surface area is 146 Å². The Morgan fingerprint density at radius 1 is 1.32 bits per heavy atom. The van der Waals surface area contributed by atoms with Gasteiger partial charge in [-0.1, -0.05) is 0 Å². The number of piperidine rings is 1. The zero-order chi connectivity index (χ0) is 17.3. The Hall–Kier alpha value is -2.41. The van der Waals surface area contributed by atoms with Gasteiger partial charge in [-0.3, -0.25) is 14.9 Å². The molecule has 25 heavy (non-hydrogen) atoms. The molecule has 0 atom stereocenters. The summed E-state index contributed by atoms with van der Waals surface area (Å²) in [5.74, 6) is 1.07. The predicted molar refractivity (Wildman–Crippen MR) is 90.8 cm³/mol. The van der Waals surface area contributed by atoms with E-state index in [0.29, 0.717) is 38.5 Å². The third kappa shape index (κ3) is 3.51. The summed E-state index contributed by atoms with van der Waals surface area (Å²) in [5, 5.41) is 16.7. The minimum atomic E-state index is -1.05. The molecule has 1 aliphatic heterocycles. The van der Waals surface area contributed by atoms with E-state index in [2.05, 4.69) is 15.2 Å². The number of carbonyl (C=O) groups is 1. The summed E-state index contributed by atoms with van der Waals surface area (Å²) in [6.45, 7) is 2.02. The Kier molecular flexibility index (Phi) is 4.17. The fraction of sp³-hybridized carbons (Fsp3) is 0.500. The van der Waals surface area contributed by atoms with Gasteiger partial charge in [-0.25, -0.2) is 0 Å². The molecule has 0 bridgehead atoms. The molecular weight excluding hydrogens is 320 g/mol. The van der Waals surface area contributed by atoms with Crippen molar-refractivity contribution in [3.8, 4) is 17.1 Å². The highest BCUT2D eigenvalue weighted by atomic mass is 16.5. The quantitative estimate of drug-likeness (QED) is 0.861.